The number of carbonyl (C=O) groups is 1. The van der Waals surface area contributed by atoms with Crippen molar-refractivity contribution in [3.63, 3.8) is 0 Å². The van der Waals surface area contributed by atoms with Crippen molar-refractivity contribution in [3.05, 3.63) is 15.9 Å². The number of fused-ring (bicyclic) bond motifs is 1. The van der Waals surface area contributed by atoms with Crippen molar-refractivity contribution in [2.45, 2.75) is 52.2 Å². The second kappa shape index (κ2) is 6.08. The van der Waals surface area contributed by atoms with E-state index in [-0.39, 0.29) is 5.92 Å². The molecule has 3 rings (SSSR count). The standard InChI is InChI=1S/C15H23BrN4O/c1-3-11-14(16)13(20(4-2)18-11)9-19-8-12-10(15(19)21)6-5-7-17-12/h10,12,17H,3-9H2,1-2H3. The lowest BCUT2D eigenvalue weighted by molar-refractivity contribution is -0.132. The summed E-state index contributed by atoms with van der Waals surface area (Å²) in [6.45, 7) is 7.56. The molecule has 21 heavy (non-hydrogen) atoms. The zero-order chi connectivity index (χ0) is 15.0. The highest BCUT2D eigenvalue weighted by atomic mass is 79.9. The predicted octanol–water partition coefficient (Wildman–Crippen LogP) is 1.94. The van der Waals surface area contributed by atoms with E-state index < -0.39 is 0 Å². The van der Waals surface area contributed by atoms with Gasteiger partial charge in [-0.1, -0.05) is 6.92 Å². The summed E-state index contributed by atoms with van der Waals surface area (Å²) >= 11 is 3.67. The first-order chi connectivity index (χ1) is 10.2. The van der Waals surface area contributed by atoms with Crippen LogP contribution in [0, 0.1) is 5.92 Å². The third-order valence-corrected chi connectivity index (χ3v) is 5.58. The Balaban J connectivity index is 1.81. The molecule has 6 heteroatoms. The number of halogens is 1. The number of hydrogen-bond acceptors (Lipinski definition) is 3. The number of amides is 1. The number of piperidine rings is 1. The number of aromatic nitrogens is 2. The molecule has 0 aliphatic carbocycles. The van der Waals surface area contributed by atoms with Crippen LogP contribution < -0.4 is 5.32 Å². The van der Waals surface area contributed by atoms with Gasteiger partial charge in [-0.25, -0.2) is 0 Å². The van der Waals surface area contributed by atoms with Crippen LogP contribution in [0.4, 0.5) is 0 Å². The second-order valence-electron chi connectivity index (χ2n) is 5.90. The lowest BCUT2D eigenvalue weighted by Crippen LogP contribution is -2.41. The van der Waals surface area contributed by atoms with E-state index in [0.717, 1.165) is 54.8 Å². The van der Waals surface area contributed by atoms with Crippen molar-refractivity contribution in [3.8, 4) is 0 Å². The maximum atomic E-state index is 12.6. The zero-order valence-corrected chi connectivity index (χ0v) is 14.3. The van der Waals surface area contributed by atoms with Crippen molar-refractivity contribution in [1.29, 1.82) is 0 Å². The SMILES string of the molecule is CCc1nn(CC)c(CN2CC3NCCCC3C2=O)c1Br. The quantitative estimate of drug-likeness (QED) is 0.898. The highest BCUT2D eigenvalue weighted by molar-refractivity contribution is 9.10. The fourth-order valence-electron chi connectivity index (χ4n) is 3.49. The van der Waals surface area contributed by atoms with Crippen LogP contribution in [0.1, 0.15) is 38.1 Å². The van der Waals surface area contributed by atoms with Crippen molar-refractivity contribution in [2.24, 2.45) is 5.92 Å². The van der Waals surface area contributed by atoms with E-state index in [2.05, 4.69) is 40.2 Å². The van der Waals surface area contributed by atoms with Crippen LogP contribution in [-0.4, -0.2) is 39.7 Å². The number of carbonyl (C=O) groups excluding carboxylic acids is 1. The predicted molar refractivity (Wildman–Crippen MR) is 84.9 cm³/mol. The number of likely N-dealkylation sites (tertiary alicyclic amines) is 1. The van der Waals surface area contributed by atoms with Gasteiger partial charge < -0.3 is 10.2 Å². The van der Waals surface area contributed by atoms with Crippen LogP contribution in [0.25, 0.3) is 0 Å². The topological polar surface area (TPSA) is 50.2 Å². The lowest BCUT2D eigenvalue weighted by atomic mass is 9.94. The molecule has 0 aromatic carbocycles. The number of nitrogens with one attached hydrogen (secondary N) is 1. The van der Waals surface area contributed by atoms with Gasteiger partial charge in [0.2, 0.25) is 5.91 Å². The van der Waals surface area contributed by atoms with E-state index in [1.165, 1.54) is 0 Å². The molecule has 2 unspecified atom stereocenters. The van der Waals surface area contributed by atoms with Gasteiger partial charge in [-0.3, -0.25) is 9.48 Å². The van der Waals surface area contributed by atoms with E-state index >= 15 is 0 Å². The van der Waals surface area contributed by atoms with Crippen molar-refractivity contribution < 1.29 is 4.79 Å². The van der Waals surface area contributed by atoms with Gasteiger partial charge in [-0.05, 0) is 48.7 Å². The fourth-order valence-corrected chi connectivity index (χ4v) is 4.18. The van der Waals surface area contributed by atoms with Gasteiger partial charge in [0.15, 0.2) is 0 Å². The van der Waals surface area contributed by atoms with Gasteiger partial charge in [-0.15, -0.1) is 0 Å². The Morgan fingerprint density at radius 2 is 2.24 bits per heavy atom. The van der Waals surface area contributed by atoms with Gasteiger partial charge in [-0.2, -0.15) is 5.10 Å². The molecule has 0 bridgehead atoms. The first-order valence-corrected chi connectivity index (χ1v) is 8.71. The van der Waals surface area contributed by atoms with Gasteiger partial charge >= 0.3 is 0 Å². The molecule has 1 N–H and O–H groups in total. The van der Waals surface area contributed by atoms with Crippen LogP contribution in [0.15, 0.2) is 4.47 Å². The number of nitrogens with zero attached hydrogens (tertiary/aromatic N) is 3. The van der Waals surface area contributed by atoms with Gasteiger partial charge in [0.25, 0.3) is 0 Å². The summed E-state index contributed by atoms with van der Waals surface area (Å²) in [5.74, 6) is 0.488. The van der Waals surface area contributed by atoms with Crippen LogP contribution in [0.3, 0.4) is 0 Å². The summed E-state index contributed by atoms with van der Waals surface area (Å²) < 4.78 is 3.09. The molecule has 1 aromatic rings. The first kappa shape index (κ1) is 15.0. The molecule has 116 valence electrons. The third kappa shape index (κ3) is 2.63. The molecule has 1 aromatic heterocycles. The molecule has 2 aliphatic heterocycles. The summed E-state index contributed by atoms with van der Waals surface area (Å²) in [5.41, 5.74) is 2.20. The Hall–Kier alpha value is -0.880. The molecule has 2 aliphatic rings. The van der Waals surface area contributed by atoms with Crippen LogP contribution in [-0.2, 0) is 24.3 Å². The Kier molecular flexibility index (Phi) is 4.36. The Morgan fingerprint density at radius 1 is 1.43 bits per heavy atom. The number of aryl methyl sites for hydroxylation is 2. The Morgan fingerprint density at radius 3 is 2.90 bits per heavy atom. The largest absolute Gasteiger partial charge is 0.335 e. The minimum absolute atomic E-state index is 0.182. The van der Waals surface area contributed by atoms with E-state index in [0.29, 0.717) is 18.5 Å². The molecular formula is C15H23BrN4O. The van der Waals surface area contributed by atoms with Gasteiger partial charge in [0.1, 0.15) is 0 Å². The molecule has 1 amide bonds. The average molecular weight is 355 g/mol. The van der Waals surface area contributed by atoms with Crippen LogP contribution >= 0.6 is 15.9 Å². The van der Waals surface area contributed by atoms with E-state index in [1.54, 1.807) is 0 Å². The zero-order valence-electron chi connectivity index (χ0n) is 12.7. The van der Waals surface area contributed by atoms with Crippen LogP contribution in [0.5, 0.6) is 0 Å². The maximum Gasteiger partial charge on any atom is 0.227 e. The van der Waals surface area contributed by atoms with E-state index in [9.17, 15) is 4.79 Å². The molecule has 2 saturated heterocycles. The summed E-state index contributed by atoms with van der Waals surface area (Å²) in [5, 5.41) is 8.11. The number of hydrogen-bond donors (Lipinski definition) is 1. The van der Waals surface area contributed by atoms with Crippen molar-refractivity contribution >= 4 is 21.8 Å². The van der Waals surface area contributed by atoms with Crippen molar-refractivity contribution in [1.82, 2.24) is 20.0 Å². The maximum absolute atomic E-state index is 12.6. The normalized spacial score (nSPS) is 25.5. The fraction of sp³-hybridized carbons (Fsp3) is 0.733. The van der Waals surface area contributed by atoms with E-state index in [1.807, 2.05) is 9.58 Å². The Bertz CT molecular complexity index is 542. The summed E-state index contributed by atoms with van der Waals surface area (Å²) in [4.78, 5) is 14.6. The van der Waals surface area contributed by atoms with Crippen LogP contribution in [0.2, 0.25) is 0 Å². The summed E-state index contributed by atoms with van der Waals surface area (Å²) in [6, 6.07) is 0.341. The molecule has 0 saturated carbocycles. The molecule has 2 fully saturated rings. The third-order valence-electron chi connectivity index (χ3n) is 4.66. The van der Waals surface area contributed by atoms with Crippen molar-refractivity contribution in [2.75, 3.05) is 13.1 Å². The van der Waals surface area contributed by atoms with Gasteiger partial charge in [0, 0.05) is 19.1 Å². The molecule has 0 radical (unpaired) electrons. The summed E-state index contributed by atoms with van der Waals surface area (Å²) in [6.07, 6.45) is 3.04. The highest BCUT2D eigenvalue weighted by Gasteiger charge is 2.41. The van der Waals surface area contributed by atoms with Gasteiger partial charge in [0.05, 0.1) is 28.3 Å². The lowest BCUT2D eigenvalue weighted by Gasteiger charge is -2.23. The molecule has 2 atom stereocenters. The highest BCUT2D eigenvalue weighted by Crippen LogP contribution is 2.30. The number of rotatable bonds is 4. The smallest absolute Gasteiger partial charge is 0.227 e. The summed E-state index contributed by atoms with van der Waals surface area (Å²) in [7, 11) is 0. The minimum Gasteiger partial charge on any atom is -0.335 e. The minimum atomic E-state index is 0.182. The molecule has 5 nitrogen and oxygen atoms in total. The first-order valence-electron chi connectivity index (χ1n) is 7.91. The molecule has 3 heterocycles. The molecule has 0 spiro atoms. The second-order valence-corrected chi connectivity index (χ2v) is 6.70. The average Bonchev–Trinajstić information content (AvgIpc) is 2.99. The Labute approximate surface area is 134 Å². The molecular weight excluding hydrogens is 332 g/mol. The van der Waals surface area contributed by atoms with E-state index in [4.69, 9.17) is 0 Å². The monoisotopic (exact) mass is 354 g/mol.